The first-order chi connectivity index (χ1) is 10.1. The number of aryl methyl sites for hydroxylation is 2. The molecule has 1 saturated carbocycles. The minimum Gasteiger partial charge on any atom is -0.457 e. The molecule has 0 radical (unpaired) electrons. The van der Waals surface area contributed by atoms with E-state index >= 15 is 0 Å². The zero-order valence-electron chi connectivity index (χ0n) is 12.4. The Hall–Kier alpha value is -1.87. The molecule has 110 valence electrons. The molecular weight excluding hydrogens is 265 g/mol. The molecule has 0 unspecified atom stereocenters. The summed E-state index contributed by atoms with van der Waals surface area (Å²) in [5.74, 6) is 1.24. The van der Waals surface area contributed by atoms with E-state index in [-0.39, 0.29) is 5.82 Å². The largest absolute Gasteiger partial charge is 0.457 e. The van der Waals surface area contributed by atoms with Crippen LogP contribution in [0.15, 0.2) is 36.4 Å². The summed E-state index contributed by atoms with van der Waals surface area (Å²) in [6, 6.07) is 11.4. The fourth-order valence-electron chi connectivity index (χ4n) is 2.33. The summed E-state index contributed by atoms with van der Waals surface area (Å²) in [4.78, 5) is 0. The molecule has 3 rings (SSSR count). The standard InChI is InChI=1S/C18H20FNO/c1-12-10-17(7-3-14(12)11-20-16-5-6-16)21-18-8-4-15(19)9-13(18)2/h3-4,7-10,16,20H,5-6,11H2,1-2H3. The zero-order chi connectivity index (χ0) is 14.8. The monoisotopic (exact) mass is 285 g/mol. The molecule has 1 N–H and O–H groups in total. The van der Waals surface area contributed by atoms with Crippen molar-refractivity contribution in [3.05, 3.63) is 58.9 Å². The molecule has 3 heteroatoms. The Morgan fingerprint density at radius 2 is 1.90 bits per heavy atom. The second-order valence-electron chi connectivity index (χ2n) is 5.76. The average molecular weight is 285 g/mol. The van der Waals surface area contributed by atoms with Crippen molar-refractivity contribution in [2.24, 2.45) is 0 Å². The van der Waals surface area contributed by atoms with E-state index in [9.17, 15) is 4.39 Å². The van der Waals surface area contributed by atoms with E-state index in [1.807, 2.05) is 19.1 Å². The predicted octanol–water partition coefficient (Wildman–Crippen LogP) is 4.49. The molecule has 1 aliphatic carbocycles. The molecule has 0 aliphatic heterocycles. The van der Waals surface area contributed by atoms with E-state index in [0.29, 0.717) is 11.8 Å². The van der Waals surface area contributed by atoms with E-state index in [2.05, 4.69) is 18.3 Å². The number of halogens is 1. The van der Waals surface area contributed by atoms with Crippen molar-refractivity contribution < 1.29 is 9.13 Å². The molecule has 2 aromatic rings. The van der Waals surface area contributed by atoms with Crippen molar-refractivity contribution in [3.8, 4) is 11.5 Å². The van der Waals surface area contributed by atoms with Crippen molar-refractivity contribution >= 4 is 0 Å². The van der Waals surface area contributed by atoms with E-state index < -0.39 is 0 Å². The van der Waals surface area contributed by atoms with Gasteiger partial charge in [-0.05, 0) is 73.7 Å². The van der Waals surface area contributed by atoms with E-state index in [1.165, 1.54) is 36.1 Å². The van der Waals surface area contributed by atoms with Crippen LogP contribution < -0.4 is 10.1 Å². The Morgan fingerprint density at radius 1 is 1.10 bits per heavy atom. The number of hydrogen-bond donors (Lipinski definition) is 1. The summed E-state index contributed by atoms with van der Waals surface area (Å²) >= 11 is 0. The maximum atomic E-state index is 13.1. The molecule has 0 bridgehead atoms. The third-order valence-electron chi connectivity index (χ3n) is 3.84. The van der Waals surface area contributed by atoms with Crippen molar-refractivity contribution in [1.82, 2.24) is 5.32 Å². The van der Waals surface area contributed by atoms with Crippen LogP contribution in [-0.2, 0) is 6.54 Å². The van der Waals surface area contributed by atoms with Crippen LogP contribution in [0.1, 0.15) is 29.5 Å². The lowest BCUT2D eigenvalue weighted by molar-refractivity contribution is 0.475. The van der Waals surface area contributed by atoms with Gasteiger partial charge in [-0.1, -0.05) is 6.07 Å². The van der Waals surface area contributed by atoms with E-state index in [0.717, 1.165) is 17.9 Å². The molecule has 0 amide bonds. The van der Waals surface area contributed by atoms with Gasteiger partial charge in [0.2, 0.25) is 0 Å². The fourth-order valence-corrected chi connectivity index (χ4v) is 2.33. The number of rotatable bonds is 5. The quantitative estimate of drug-likeness (QED) is 0.874. The summed E-state index contributed by atoms with van der Waals surface area (Å²) in [6.45, 7) is 4.85. The molecule has 1 aliphatic rings. The summed E-state index contributed by atoms with van der Waals surface area (Å²) in [7, 11) is 0. The molecule has 1 fully saturated rings. The minimum absolute atomic E-state index is 0.238. The number of benzene rings is 2. The smallest absolute Gasteiger partial charge is 0.130 e. The van der Waals surface area contributed by atoms with Gasteiger partial charge in [0.05, 0.1) is 0 Å². The third-order valence-corrected chi connectivity index (χ3v) is 3.84. The Bertz CT molecular complexity index is 650. The van der Waals surface area contributed by atoms with Crippen molar-refractivity contribution in [2.45, 2.75) is 39.3 Å². The highest BCUT2D eigenvalue weighted by Crippen LogP contribution is 2.27. The van der Waals surface area contributed by atoms with Gasteiger partial charge in [0.1, 0.15) is 17.3 Å². The first-order valence-corrected chi connectivity index (χ1v) is 7.39. The molecule has 0 aromatic heterocycles. The first-order valence-electron chi connectivity index (χ1n) is 7.39. The minimum atomic E-state index is -0.238. The van der Waals surface area contributed by atoms with Crippen LogP contribution >= 0.6 is 0 Å². The zero-order valence-corrected chi connectivity index (χ0v) is 12.4. The fraction of sp³-hybridized carbons (Fsp3) is 0.333. The number of nitrogens with one attached hydrogen (secondary N) is 1. The highest BCUT2D eigenvalue weighted by atomic mass is 19.1. The lowest BCUT2D eigenvalue weighted by Gasteiger charge is -2.12. The molecule has 0 spiro atoms. The molecule has 0 atom stereocenters. The van der Waals surface area contributed by atoms with Crippen molar-refractivity contribution in [2.75, 3.05) is 0 Å². The Balaban J connectivity index is 1.71. The van der Waals surface area contributed by atoms with Crippen LogP contribution in [0.5, 0.6) is 11.5 Å². The summed E-state index contributed by atoms with van der Waals surface area (Å²) in [5, 5.41) is 3.52. The lowest BCUT2D eigenvalue weighted by atomic mass is 10.1. The van der Waals surface area contributed by atoms with Gasteiger partial charge < -0.3 is 10.1 Å². The molecule has 21 heavy (non-hydrogen) atoms. The van der Waals surface area contributed by atoms with E-state index in [1.54, 1.807) is 6.07 Å². The Kier molecular flexibility index (Phi) is 3.93. The van der Waals surface area contributed by atoms with Crippen molar-refractivity contribution in [1.29, 1.82) is 0 Å². The van der Waals surface area contributed by atoms with Crippen LogP contribution in [0, 0.1) is 19.7 Å². The highest BCUT2D eigenvalue weighted by molar-refractivity contribution is 5.40. The normalized spacial score (nSPS) is 14.2. The van der Waals surface area contributed by atoms with Gasteiger partial charge in [-0.2, -0.15) is 0 Å². The van der Waals surface area contributed by atoms with Crippen LogP contribution in [0.2, 0.25) is 0 Å². The van der Waals surface area contributed by atoms with Gasteiger partial charge in [-0.15, -0.1) is 0 Å². The second-order valence-corrected chi connectivity index (χ2v) is 5.76. The maximum absolute atomic E-state index is 13.1. The van der Waals surface area contributed by atoms with Gasteiger partial charge in [-0.25, -0.2) is 4.39 Å². The summed E-state index contributed by atoms with van der Waals surface area (Å²) < 4.78 is 18.9. The summed E-state index contributed by atoms with van der Waals surface area (Å²) in [6.07, 6.45) is 2.59. The number of hydrogen-bond acceptors (Lipinski definition) is 2. The van der Waals surface area contributed by atoms with Gasteiger partial charge in [0, 0.05) is 12.6 Å². The van der Waals surface area contributed by atoms with Crippen molar-refractivity contribution in [3.63, 3.8) is 0 Å². The van der Waals surface area contributed by atoms with Gasteiger partial charge in [0.15, 0.2) is 0 Å². The first kappa shape index (κ1) is 14.1. The van der Waals surface area contributed by atoms with E-state index in [4.69, 9.17) is 4.74 Å². The SMILES string of the molecule is Cc1cc(Oc2ccc(F)cc2C)ccc1CNC1CC1. The average Bonchev–Trinajstić information content (AvgIpc) is 3.25. The molecule has 2 aromatic carbocycles. The topological polar surface area (TPSA) is 21.3 Å². The second kappa shape index (κ2) is 5.86. The van der Waals surface area contributed by atoms with Crippen LogP contribution in [0.25, 0.3) is 0 Å². The van der Waals surface area contributed by atoms with Gasteiger partial charge >= 0.3 is 0 Å². The Morgan fingerprint density at radius 3 is 2.57 bits per heavy atom. The summed E-state index contributed by atoms with van der Waals surface area (Å²) in [5.41, 5.74) is 3.30. The van der Waals surface area contributed by atoms with Crippen LogP contribution in [0.3, 0.4) is 0 Å². The van der Waals surface area contributed by atoms with Crippen LogP contribution in [-0.4, -0.2) is 6.04 Å². The van der Waals surface area contributed by atoms with Gasteiger partial charge in [-0.3, -0.25) is 0 Å². The third kappa shape index (κ3) is 3.61. The lowest BCUT2D eigenvalue weighted by Crippen LogP contribution is -2.15. The Labute approximate surface area is 125 Å². The molecule has 0 heterocycles. The molecule has 0 saturated heterocycles. The van der Waals surface area contributed by atoms with Crippen LogP contribution in [0.4, 0.5) is 4.39 Å². The maximum Gasteiger partial charge on any atom is 0.130 e. The highest BCUT2D eigenvalue weighted by Gasteiger charge is 2.20. The predicted molar refractivity (Wildman–Crippen MR) is 82.3 cm³/mol. The number of ether oxygens (including phenoxy) is 1. The molecular formula is C18H20FNO. The molecule has 2 nitrogen and oxygen atoms in total. The van der Waals surface area contributed by atoms with Gasteiger partial charge in [0.25, 0.3) is 0 Å².